The monoisotopic (exact) mass is 507 g/mol. The third-order valence-electron chi connectivity index (χ3n) is 6.85. The summed E-state index contributed by atoms with van der Waals surface area (Å²) in [6.45, 7) is 6.67. The highest BCUT2D eigenvalue weighted by Crippen LogP contribution is 2.33. The molecule has 8 heteroatoms. The number of anilines is 4. The second-order valence-corrected chi connectivity index (χ2v) is 9.52. The van der Waals surface area contributed by atoms with Gasteiger partial charge in [0.15, 0.2) is 11.6 Å². The number of urea groups is 1. The summed E-state index contributed by atoms with van der Waals surface area (Å²) in [5, 5.41) is 3.09. The normalized spacial score (nSPS) is 13.2. The Morgan fingerprint density at radius 2 is 1.58 bits per heavy atom. The summed E-state index contributed by atoms with van der Waals surface area (Å²) in [6, 6.07) is 20.6. The van der Waals surface area contributed by atoms with Crippen LogP contribution in [0.4, 0.5) is 27.7 Å². The van der Waals surface area contributed by atoms with Crippen LogP contribution in [-0.2, 0) is 7.05 Å². The van der Waals surface area contributed by atoms with E-state index in [1.165, 1.54) is 11.5 Å². The minimum Gasteiger partial charge on any atom is -0.336 e. The van der Waals surface area contributed by atoms with E-state index < -0.39 is 0 Å². The molecule has 0 saturated carbocycles. The van der Waals surface area contributed by atoms with Crippen LogP contribution in [0.15, 0.2) is 77.7 Å². The highest BCUT2D eigenvalue weighted by atomic mass is 16.2. The second kappa shape index (κ2) is 9.97. The number of nitrogens with zero attached hydrogens (tertiary/aromatic N) is 4. The van der Waals surface area contributed by atoms with Gasteiger partial charge in [0.25, 0.3) is 5.56 Å². The molecule has 0 spiro atoms. The number of carbonyl (C=O) groups excluding carboxylic acids is 2. The van der Waals surface area contributed by atoms with Gasteiger partial charge in [-0.15, -0.1) is 0 Å². The van der Waals surface area contributed by atoms with Gasteiger partial charge < -0.3 is 9.88 Å². The van der Waals surface area contributed by atoms with Gasteiger partial charge in [-0.2, -0.15) is 0 Å². The first-order valence-corrected chi connectivity index (χ1v) is 12.4. The molecular weight excluding hydrogens is 478 g/mol. The lowest BCUT2D eigenvalue weighted by molar-refractivity contribution is 0.101. The largest absolute Gasteiger partial charge is 0.336 e. The first kappa shape index (κ1) is 25.0. The first-order valence-electron chi connectivity index (χ1n) is 12.4. The van der Waals surface area contributed by atoms with Gasteiger partial charge in [-0.05, 0) is 68.8 Å². The number of amides is 2. The van der Waals surface area contributed by atoms with Crippen molar-refractivity contribution in [3.63, 3.8) is 0 Å². The summed E-state index contributed by atoms with van der Waals surface area (Å²) < 4.78 is 1.49. The maximum absolute atomic E-state index is 13.4. The lowest BCUT2D eigenvalue weighted by atomic mass is 10.0. The summed E-state index contributed by atoms with van der Waals surface area (Å²) in [7, 11) is 1.68. The van der Waals surface area contributed by atoms with Gasteiger partial charge in [0.05, 0.1) is 5.69 Å². The van der Waals surface area contributed by atoms with E-state index >= 15 is 0 Å². The van der Waals surface area contributed by atoms with Gasteiger partial charge in [0, 0.05) is 54.5 Å². The van der Waals surface area contributed by atoms with Crippen LogP contribution in [-0.4, -0.2) is 34.5 Å². The summed E-state index contributed by atoms with van der Waals surface area (Å²) in [4.78, 5) is 46.0. The number of ketones is 1. The van der Waals surface area contributed by atoms with Crippen molar-refractivity contribution in [3.8, 4) is 11.3 Å². The van der Waals surface area contributed by atoms with Crippen LogP contribution in [0.1, 0.15) is 28.4 Å². The van der Waals surface area contributed by atoms with Crippen LogP contribution in [0.5, 0.6) is 0 Å². The molecular formula is C30H29N5O3. The highest BCUT2D eigenvalue weighted by Gasteiger charge is 2.32. The highest BCUT2D eigenvalue weighted by molar-refractivity contribution is 6.07. The lowest BCUT2D eigenvalue weighted by Gasteiger charge is -2.22. The molecule has 192 valence electrons. The van der Waals surface area contributed by atoms with E-state index in [0.717, 1.165) is 28.1 Å². The fourth-order valence-electron chi connectivity index (χ4n) is 4.66. The standard InChI is InChI=1S/C30H29N5O3/c1-19-8-14-24(15-9-19)34-16-17-35(30(34)38)27-7-5-6-25(20(27)2)26-18-33(4)29(37)28(32-26)31-23-12-10-22(11-13-23)21(3)36/h5-15,18H,16-17H2,1-4H3,(H,31,32). The number of aryl methyl sites for hydroxylation is 2. The van der Waals surface area contributed by atoms with Crippen molar-refractivity contribution in [2.75, 3.05) is 28.2 Å². The Balaban J connectivity index is 1.46. The Bertz CT molecular complexity index is 1590. The number of benzene rings is 3. The summed E-state index contributed by atoms with van der Waals surface area (Å²) in [5.41, 5.74) is 6.14. The second-order valence-electron chi connectivity index (χ2n) is 9.52. The molecule has 0 radical (unpaired) electrons. The van der Waals surface area contributed by atoms with Crippen molar-refractivity contribution in [3.05, 3.63) is 100.0 Å². The molecule has 8 nitrogen and oxygen atoms in total. The molecule has 1 aliphatic heterocycles. The Kier molecular flexibility index (Phi) is 6.55. The van der Waals surface area contributed by atoms with Crippen LogP contribution in [0.2, 0.25) is 0 Å². The van der Waals surface area contributed by atoms with Gasteiger partial charge in [-0.3, -0.25) is 19.4 Å². The van der Waals surface area contributed by atoms with Crippen molar-refractivity contribution in [1.82, 2.24) is 9.55 Å². The van der Waals surface area contributed by atoms with Crippen molar-refractivity contribution in [1.29, 1.82) is 0 Å². The number of rotatable bonds is 6. The van der Waals surface area contributed by atoms with Crippen LogP contribution in [0.25, 0.3) is 11.3 Å². The van der Waals surface area contributed by atoms with E-state index in [9.17, 15) is 14.4 Å². The number of nitrogens with one attached hydrogen (secondary N) is 1. The Morgan fingerprint density at radius 3 is 2.26 bits per heavy atom. The predicted octanol–water partition coefficient (Wildman–Crippen LogP) is 5.46. The maximum atomic E-state index is 13.4. The fourth-order valence-corrected chi connectivity index (χ4v) is 4.66. The third kappa shape index (κ3) is 4.68. The fraction of sp³-hybridized carbons (Fsp3) is 0.200. The Morgan fingerprint density at radius 1 is 0.895 bits per heavy atom. The van der Waals surface area contributed by atoms with Gasteiger partial charge >= 0.3 is 6.03 Å². The third-order valence-corrected chi connectivity index (χ3v) is 6.85. The van der Waals surface area contributed by atoms with Crippen LogP contribution in [0.3, 0.4) is 0 Å². The molecule has 0 unspecified atom stereocenters. The maximum Gasteiger partial charge on any atom is 0.329 e. The molecule has 1 N–H and O–H groups in total. The Labute approximate surface area is 221 Å². The number of aromatic nitrogens is 2. The smallest absolute Gasteiger partial charge is 0.329 e. The van der Waals surface area contributed by atoms with E-state index in [4.69, 9.17) is 0 Å². The zero-order chi connectivity index (χ0) is 27.0. The molecule has 38 heavy (non-hydrogen) atoms. The van der Waals surface area contributed by atoms with E-state index in [0.29, 0.717) is 30.0 Å². The summed E-state index contributed by atoms with van der Waals surface area (Å²) in [5.74, 6) is 0.148. The number of Topliss-reactive ketones (excluding diaryl/α,β-unsaturated/α-hetero) is 1. The molecule has 0 bridgehead atoms. The Hall–Kier alpha value is -4.72. The number of hydrogen-bond acceptors (Lipinski definition) is 5. The van der Waals surface area contributed by atoms with E-state index in [1.807, 2.05) is 56.3 Å². The summed E-state index contributed by atoms with van der Waals surface area (Å²) >= 11 is 0. The SMILES string of the molecule is CC(=O)c1ccc(Nc2nc(-c3cccc(N4CCN(c5ccc(C)cc5)C4=O)c3C)cn(C)c2=O)cc1. The average molecular weight is 508 g/mol. The van der Waals surface area contributed by atoms with Gasteiger partial charge in [-0.25, -0.2) is 9.78 Å². The average Bonchev–Trinajstić information content (AvgIpc) is 3.28. The van der Waals surface area contributed by atoms with Crippen molar-refractivity contribution in [2.24, 2.45) is 7.05 Å². The number of hydrogen-bond donors (Lipinski definition) is 1. The summed E-state index contributed by atoms with van der Waals surface area (Å²) in [6.07, 6.45) is 1.70. The molecule has 1 aliphatic rings. The van der Waals surface area contributed by atoms with Crippen LogP contribution in [0, 0.1) is 13.8 Å². The molecule has 1 saturated heterocycles. The minimum atomic E-state index is -0.276. The van der Waals surface area contributed by atoms with Gasteiger partial charge in [0.2, 0.25) is 0 Å². The molecule has 1 fully saturated rings. The molecule has 4 aromatic rings. The van der Waals surface area contributed by atoms with Crippen LogP contribution < -0.4 is 20.7 Å². The quantitative estimate of drug-likeness (QED) is 0.350. The topological polar surface area (TPSA) is 87.5 Å². The van der Waals surface area contributed by atoms with Gasteiger partial charge in [0.1, 0.15) is 0 Å². The molecule has 0 atom stereocenters. The zero-order valence-corrected chi connectivity index (χ0v) is 21.9. The molecule has 3 aromatic carbocycles. The zero-order valence-electron chi connectivity index (χ0n) is 21.9. The van der Waals surface area contributed by atoms with E-state index in [1.54, 1.807) is 47.3 Å². The first-order chi connectivity index (χ1) is 18.2. The van der Waals surface area contributed by atoms with Crippen molar-refractivity contribution in [2.45, 2.75) is 20.8 Å². The van der Waals surface area contributed by atoms with E-state index in [2.05, 4.69) is 10.3 Å². The van der Waals surface area contributed by atoms with Gasteiger partial charge in [-0.1, -0.05) is 29.8 Å². The molecule has 2 heterocycles. The minimum absolute atomic E-state index is 0.0265. The number of carbonyl (C=O) groups is 2. The molecule has 0 aliphatic carbocycles. The van der Waals surface area contributed by atoms with Crippen molar-refractivity contribution < 1.29 is 9.59 Å². The molecule has 1 aromatic heterocycles. The predicted molar refractivity (Wildman–Crippen MR) is 151 cm³/mol. The van der Waals surface area contributed by atoms with Crippen LogP contribution >= 0.6 is 0 Å². The van der Waals surface area contributed by atoms with Crippen molar-refractivity contribution >= 4 is 34.7 Å². The lowest BCUT2D eigenvalue weighted by Crippen LogP contribution is -2.32. The molecule has 5 rings (SSSR count). The molecule has 2 amide bonds. The van der Waals surface area contributed by atoms with E-state index in [-0.39, 0.29) is 23.2 Å².